The molecule has 0 saturated heterocycles. The van der Waals surface area contributed by atoms with Crippen LogP contribution < -0.4 is 10.1 Å². The van der Waals surface area contributed by atoms with Crippen LogP contribution in [0.1, 0.15) is 10.4 Å². The molecule has 2 heterocycles. The fraction of sp³-hybridized carbons (Fsp3) is 0.0500. The molecule has 12 heteroatoms. The van der Waals surface area contributed by atoms with Crippen molar-refractivity contribution in [2.45, 2.75) is 0 Å². The summed E-state index contributed by atoms with van der Waals surface area (Å²) in [6.07, 6.45) is 5.17. The van der Waals surface area contributed by atoms with Crippen molar-refractivity contribution in [3.63, 3.8) is 0 Å². The van der Waals surface area contributed by atoms with Crippen LogP contribution in [0.2, 0.25) is 0 Å². The van der Waals surface area contributed by atoms with Gasteiger partial charge in [-0.3, -0.25) is 29.4 Å². The molecule has 12 nitrogen and oxygen atoms in total. The third-order valence-corrected chi connectivity index (χ3v) is 4.57. The molecule has 0 unspecified atom stereocenters. The highest BCUT2D eigenvalue weighted by atomic mass is 16.6. The Hall–Kier alpha value is -4.87. The second-order valence-corrected chi connectivity index (χ2v) is 6.57. The Balaban J connectivity index is 1.70. The zero-order valence-electron chi connectivity index (χ0n) is 16.5. The summed E-state index contributed by atoms with van der Waals surface area (Å²) >= 11 is 0. The first-order valence-electron chi connectivity index (χ1n) is 9.09. The van der Waals surface area contributed by atoms with Gasteiger partial charge >= 0.3 is 0 Å². The normalized spacial score (nSPS) is 10.7. The lowest BCUT2D eigenvalue weighted by molar-refractivity contribution is -0.394. The summed E-state index contributed by atoms with van der Waals surface area (Å²) in [7, 11) is 1.41. The standard InChI is InChI=1S/C20H14N6O6/c1-32-18-4-3-12(17-11-24-6-2-5-21-20(24)23-17)9-16(18)22-19(27)13-7-14(25(28)29)10-15(8-13)26(30)31/h2-11H,1H3,(H,22,27). The van der Waals surface area contributed by atoms with Crippen molar-refractivity contribution in [2.24, 2.45) is 0 Å². The van der Waals surface area contributed by atoms with Gasteiger partial charge in [-0.05, 0) is 24.3 Å². The van der Waals surface area contributed by atoms with Gasteiger partial charge in [0.25, 0.3) is 17.3 Å². The third kappa shape index (κ3) is 3.92. The van der Waals surface area contributed by atoms with E-state index in [0.717, 1.165) is 18.2 Å². The van der Waals surface area contributed by atoms with E-state index < -0.39 is 27.1 Å². The number of nitro groups is 2. The van der Waals surface area contributed by atoms with Gasteiger partial charge in [0.15, 0.2) is 0 Å². The zero-order chi connectivity index (χ0) is 22.8. The van der Waals surface area contributed by atoms with Crippen molar-refractivity contribution in [3.8, 4) is 17.0 Å². The van der Waals surface area contributed by atoms with E-state index in [2.05, 4.69) is 15.3 Å². The molecule has 1 N–H and O–H groups in total. The Kier molecular flexibility index (Phi) is 5.17. The molecule has 2 aromatic heterocycles. The molecule has 0 spiro atoms. The van der Waals surface area contributed by atoms with Crippen LogP contribution in [0.5, 0.6) is 5.75 Å². The number of non-ortho nitro benzene ring substituents is 2. The smallest absolute Gasteiger partial charge is 0.277 e. The molecule has 32 heavy (non-hydrogen) atoms. The minimum Gasteiger partial charge on any atom is -0.495 e. The molecule has 0 radical (unpaired) electrons. The summed E-state index contributed by atoms with van der Waals surface area (Å²) in [5.74, 6) is 0.0423. The number of benzene rings is 2. The van der Waals surface area contributed by atoms with Crippen LogP contribution in [0.4, 0.5) is 17.1 Å². The van der Waals surface area contributed by atoms with Crippen LogP contribution in [-0.2, 0) is 0 Å². The predicted octanol–water partition coefficient (Wildman–Crippen LogP) is 3.47. The number of imidazole rings is 1. The molecule has 160 valence electrons. The lowest BCUT2D eigenvalue weighted by Gasteiger charge is -2.11. The maximum absolute atomic E-state index is 12.8. The molecule has 0 fully saturated rings. The average molecular weight is 434 g/mol. The number of rotatable bonds is 6. The van der Waals surface area contributed by atoms with Gasteiger partial charge < -0.3 is 10.1 Å². The van der Waals surface area contributed by atoms with Crippen molar-refractivity contribution in [2.75, 3.05) is 12.4 Å². The van der Waals surface area contributed by atoms with E-state index >= 15 is 0 Å². The van der Waals surface area contributed by atoms with E-state index in [0.29, 0.717) is 22.8 Å². The number of ether oxygens (including phenoxy) is 1. The first-order chi connectivity index (χ1) is 15.4. The molecular formula is C20H14N6O6. The van der Waals surface area contributed by atoms with E-state index in [1.165, 1.54) is 7.11 Å². The van der Waals surface area contributed by atoms with Gasteiger partial charge in [0.05, 0.1) is 40.0 Å². The summed E-state index contributed by atoms with van der Waals surface area (Å²) in [6, 6.07) is 9.46. The first-order valence-corrected chi connectivity index (χ1v) is 9.09. The molecule has 0 aliphatic rings. The number of hydrogen-bond donors (Lipinski definition) is 1. The number of nitrogens with one attached hydrogen (secondary N) is 1. The van der Waals surface area contributed by atoms with Crippen LogP contribution >= 0.6 is 0 Å². The minimum absolute atomic E-state index is 0.240. The summed E-state index contributed by atoms with van der Waals surface area (Å²) in [5.41, 5.74) is 0.124. The first kappa shape index (κ1) is 20.4. The molecule has 0 saturated carbocycles. The lowest BCUT2D eigenvalue weighted by atomic mass is 10.1. The number of nitrogens with zero attached hydrogens (tertiary/aromatic N) is 5. The number of aromatic nitrogens is 3. The van der Waals surface area contributed by atoms with E-state index in [1.807, 2.05) is 0 Å². The van der Waals surface area contributed by atoms with Gasteiger partial charge in [-0.2, -0.15) is 0 Å². The highest BCUT2D eigenvalue weighted by Gasteiger charge is 2.21. The second-order valence-electron chi connectivity index (χ2n) is 6.57. The fourth-order valence-electron chi connectivity index (χ4n) is 3.07. The van der Waals surface area contributed by atoms with E-state index in [1.54, 1.807) is 47.3 Å². The molecule has 0 aliphatic heterocycles. The highest BCUT2D eigenvalue weighted by molar-refractivity contribution is 6.06. The number of carbonyl (C=O) groups is 1. The number of methoxy groups -OCH3 is 1. The third-order valence-electron chi connectivity index (χ3n) is 4.57. The summed E-state index contributed by atoms with van der Waals surface area (Å²) < 4.78 is 7.02. The van der Waals surface area contributed by atoms with Crippen LogP contribution in [-0.4, -0.2) is 37.2 Å². The van der Waals surface area contributed by atoms with E-state index in [4.69, 9.17) is 4.74 Å². The number of carbonyl (C=O) groups excluding carboxylic acids is 1. The van der Waals surface area contributed by atoms with Gasteiger partial charge in [0.2, 0.25) is 5.78 Å². The second kappa shape index (κ2) is 8.10. The number of fused-ring (bicyclic) bond motifs is 1. The van der Waals surface area contributed by atoms with Gasteiger partial charge in [0.1, 0.15) is 5.75 Å². The Labute approximate surface area is 179 Å². The average Bonchev–Trinajstić information content (AvgIpc) is 3.23. The number of anilines is 1. The fourth-order valence-corrected chi connectivity index (χ4v) is 3.07. The topological polar surface area (TPSA) is 155 Å². The molecular weight excluding hydrogens is 420 g/mol. The number of hydrogen-bond acceptors (Lipinski definition) is 8. The monoisotopic (exact) mass is 434 g/mol. The summed E-state index contributed by atoms with van der Waals surface area (Å²) in [5, 5.41) is 24.8. The van der Waals surface area contributed by atoms with Crippen molar-refractivity contribution in [1.82, 2.24) is 14.4 Å². The van der Waals surface area contributed by atoms with Crippen LogP contribution in [0.15, 0.2) is 61.1 Å². The van der Waals surface area contributed by atoms with Crippen molar-refractivity contribution >= 4 is 28.7 Å². The van der Waals surface area contributed by atoms with Gasteiger partial charge in [0, 0.05) is 36.3 Å². The highest BCUT2D eigenvalue weighted by Crippen LogP contribution is 2.31. The Bertz CT molecular complexity index is 1320. The van der Waals surface area contributed by atoms with E-state index in [-0.39, 0.29) is 11.3 Å². The Morgan fingerprint density at radius 2 is 1.81 bits per heavy atom. The zero-order valence-corrected chi connectivity index (χ0v) is 16.5. The van der Waals surface area contributed by atoms with Gasteiger partial charge in [-0.1, -0.05) is 0 Å². The van der Waals surface area contributed by atoms with Crippen LogP contribution in [0, 0.1) is 20.2 Å². The minimum atomic E-state index is -0.803. The van der Waals surface area contributed by atoms with E-state index in [9.17, 15) is 25.0 Å². The molecule has 0 bridgehead atoms. The Morgan fingerprint density at radius 1 is 1.09 bits per heavy atom. The molecule has 0 atom stereocenters. The maximum Gasteiger partial charge on any atom is 0.277 e. The lowest BCUT2D eigenvalue weighted by Crippen LogP contribution is -2.13. The molecule has 4 rings (SSSR count). The largest absolute Gasteiger partial charge is 0.495 e. The number of amides is 1. The molecule has 1 amide bonds. The SMILES string of the molecule is COc1ccc(-c2cn3cccnc3n2)cc1NC(=O)c1cc([N+](=O)[O-])cc([N+](=O)[O-])c1. The predicted molar refractivity (Wildman–Crippen MR) is 113 cm³/mol. The molecule has 0 aliphatic carbocycles. The van der Waals surface area contributed by atoms with Crippen LogP contribution in [0.3, 0.4) is 0 Å². The van der Waals surface area contributed by atoms with Crippen LogP contribution in [0.25, 0.3) is 17.0 Å². The molecule has 4 aromatic rings. The van der Waals surface area contributed by atoms with Crippen molar-refractivity contribution < 1.29 is 19.4 Å². The number of nitro benzene ring substituents is 2. The summed E-state index contributed by atoms with van der Waals surface area (Å²) in [4.78, 5) is 42.0. The maximum atomic E-state index is 12.8. The van der Waals surface area contributed by atoms with Gasteiger partial charge in [-0.15, -0.1) is 0 Å². The van der Waals surface area contributed by atoms with Crippen molar-refractivity contribution in [1.29, 1.82) is 0 Å². The Morgan fingerprint density at radius 3 is 2.44 bits per heavy atom. The quantitative estimate of drug-likeness (QED) is 0.357. The van der Waals surface area contributed by atoms with Gasteiger partial charge in [-0.25, -0.2) is 9.97 Å². The van der Waals surface area contributed by atoms with Crippen molar-refractivity contribution in [3.05, 3.63) is 86.8 Å². The molecule has 2 aromatic carbocycles. The summed E-state index contributed by atoms with van der Waals surface area (Å²) in [6.45, 7) is 0.